The van der Waals surface area contributed by atoms with Crippen molar-refractivity contribution >= 4 is 17.5 Å². The first-order chi connectivity index (χ1) is 13.0. The fraction of sp³-hybridized carbons (Fsp3) is 0.286. The van der Waals surface area contributed by atoms with Crippen LogP contribution in [0.3, 0.4) is 0 Å². The van der Waals surface area contributed by atoms with Gasteiger partial charge in [0.1, 0.15) is 5.75 Å². The van der Waals surface area contributed by atoms with Crippen LogP contribution in [0.15, 0.2) is 48.5 Å². The Bertz CT molecular complexity index is 825. The van der Waals surface area contributed by atoms with Crippen LogP contribution in [-0.2, 0) is 6.54 Å². The van der Waals surface area contributed by atoms with Gasteiger partial charge >= 0.3 is 0 Å². The fourth-order valence-corrected chi connectivity index (χ4v) is 2.72. The smallest absolute Gasteiger partial charge is 0.269 e. The fourth-order valence-electron chi connectivity index (χ4n) is 2.72. The third-order valence-corrected chi connectivity index (χ3v) is 4.38. The summed E-state index contributed by atoms with van der Waals surface area (Å²) in [4.78, 5) is 25.0. The lowest BCUT2D eigenvalue weighted by atomic mass is 10.0. The van der Waals surface area contributed by atoms with Crippen molar-refractivity contribution in [1.29, 1.82) is 0 Å². The Morgan fingerprint density at radius 2 is 1.81 bits per heavy atom. The molecule has 0 bridgehead atoms. The standard InChI is InChI=1S/C21H24N2O4/c1-4-22(5-2)15-18-14-17(9-13-21(18)27-3)20(24)12-8-16-6-10-19(11-7-16)23(25)26/h6-14H,4-5,15H2,1-3H3/b12-8+. The van der Waals surface area contributed by atoms with E-state index in [4.69, 9.17) is 4.74 Å². The summed E-state index contributed by atoms with van der Waals surface area (Å²) >= 11 is 0. The number of ether oxygens (including phenoxy) is 1. The predicted octanol–water partition coefficient (Wildman–Crippen LogP) is 4.34. The zero-order chi connectivity index (χ0) is 19.8. The summed E-state index contributed by atoms with van der Waals surface area (Å²) < 4.78 is 5.42. The molecule has 0 atom stereocenters. The first kappa shape index (κ1) is 20.3. The van der Waals surface area contributed by atoms with Gasteiger partial charge in [0.05, 0.1) is 12.0 Å². The molecule has 0 aromatic heterocycles. The van der Waals surface area contributed by atoms with Crippen LogP contribution in [-0.4, -0.2) is 35.8 Å². The Morgan fingerprint density at radius 3 is 2.37 bits per heavy atom. The number of carbonyl (C=O) groups excluding carboxylic acids is 1. The molecule has 2 aromatic rings. The summed E-state index contributed by atoms with van der Waals surface area (Å²) in [5.41, 5.74) is 2.30. The van der Waals surface area contributed by atoms with Crippen molar-refractivity contribution in [3.63, 3.8) is 0 Å². The minimum atomic E-state index is -0.451. The zero-order valence-corrected chi connectivity index (χ0v) is 15.8. The average Bonchev–Trinajstić information content (AvgIpc) is 2.70. The lowest BCUT2D eigenvalue weighted by Gasteiger charge is -2.20. The molecule has 0 fully saturated rings. The molecule has 2 rings (SSSR count). The van der Waals surface area contributed by atoms with Gasteiger partial charge in [0.15, 0.2) is 5.78 Å². The van der Waals surface area contributed by atoms with Crippen LogP contribution in [0.5, 0.6) is 5.75 Å². The summed E-state index contributed by atoms with van der Waals surface area (Å²) in [6.07, 6.45) is 3.13. The maximum Gasteiger partial charge on any atom is 0.269 e. The van der Waals surface area contributed by atoms with Gasteiger partial charge in [-0.05, 0) is 55.1 Å². The summed E-state index contributed by atoms with van der Waals surface area (Å²) in [7, 11) is 1.62. The van der Waals surface area contributed by atoms with Crippen LogP contribution in [0, 0.1) is 10.1 Å². The van der Waals surface area contributed by atoms with Gasteiger partial charge in [-0.25, -0.2) is 0 Å². The van der Waals surface area contributed by atoms with E-state index < -0.39 is 4.92 Å². The highest BCUT2D eigenvalue weighted by molar-refractivity contribution is 6.07. The van der Waals surface area contributed by atoms with Gasteiger partial charge in [-0.2, -0.15) is 0 Å². The minimum Gasteiger partial charge on any atom is -0.496 e. The molecule has 0 heterocycles. The Balaban J connectivity index is 2.18. The van der Waals surface area contributed by atoms with E-state index in [-0.39, 0.29) is 11.5 Å². The number of allylic oxidation sites excluding steroid dienone is 1. The van der Waals surface area contributed by atoms with Crippen LogP contribution in [0.1, 0.15) is 35.3 Å². The molecule has 0 saturated heterocycles. The third-order valence-electron chi connectivity index (χ3n) is 4.38. The molecule has 0 aliphatic heterocycles. The van der Waals surface area contributed by atoms with E-state index in [1.165, 1.54) is 18.2 Å². The van der Waals surface area contributed by atoms with Gasteiger partial charge in [-0.3, -0.25) is 19.8 Å². The lowest BCUT2D eigenvalue weighted by Crippen LogP contribution is -2.22. The van der Waals surface area contributed by atoms with Crippen LogP contribution < -0.4 is 4.74 Å². The molecule has 0 aliphatic carbocycles. The molecule has 0 saturated carbocycles. The van der Waals surface area contributed by atoms with E-state index in [1.807, 2.05) is 12.1 Å². The number of methoxy groups -OCH3 is 1. The van der Waals surface area contributed by atoms with Crippen molar-refractivity contribution in [3.05, 3.63) is 75.3 Å². The predicted molar refractivity (Wildman–Crippen MR) is 106 cm³/mol. The van der Waals surface area contributed by atoms with E-state index in [0.717, 1.165) is 30.0 Å². The summed E-state index contributed by atoms with van der Waals surface area (Å²) in [6.45, 7) is 6.73. The van der Waals surface area contributed by atoms with E-state index in [9.17, 15) is 14.9 Å². The Labute approximate surface area is 159 Å². The topological polar surface area (TPSA) is 72.7 Å². The first-order valence-electron chi connectivity index (χ1n) is 8.84. The van der Waals surface area contributed by atoms with E-state index in [1.54, 1.807) is 31.4 Å². The molecule has 0 unspecified atom stereocenters. The second kappa shape index (κ2) is 9.64. The number of nitro groups is 1. The van der Waals surface area contributed by atoms with Crippen molar-refractivity contribution in [2.24, 2.45) is 0 Å². The van der Waals surface area contributed by atoms with Crippen molar-refractivity contribution in [2.75, 3.05) is 20.2 Å². The highest BCUT2D eigenvalue weighted by Gasteiger charge is 2.11. The minimum absolute atomic E-state index is 0.0228. The summed E-state index contributed by atoms with van der Waals surface area (Å²) in [6, 6.07) is 11.5. The maximum absolute atomic E-state index is 12.5. The van der Waals surface area contributed by atoms with Crippen LogP contribution in [0.4, 0.5) is 5.69 Å². The largest absolute Gasteiger partial charge is 0.496 e. The quantitative estimate of drug-likeness (QED) is 0.285. The average molecular weight is 368 g/mol. The van der Waals surface area contributed by atoms with Crippen molar-refractivity contribution < 1.29 is 14.5 Å². The molecule has 6 nitrogen and oxygen atoms in total. The number of rotatable bonds is 9. The van der Waals surface area contributed by atoms with Crippen LogP contribution >= 0.6 is 0 Å². The molecule has 0 radical (unpaired) electrons. The van der Waals surface area contributed by atoms with Gasteiger partial charge in [-0.1, -0.05) is 19.9 Å². The molecular formula is C21H24N2O4. The molecule has 0 aliphatic rings. The Hall–Kier alpha value is -2.99. The molecule has 0 spiro atoms. The van der Waals surface area contributed by atoms with Gasteiger partial charge in [0.2, 0.25) is 0 Å². The van der Waals surface area contributed by atoms with E-state index in [0.29, 0.717) is 12.1 Å². The molecule has 6 heteroatoms. The van der Waals surface area contributed by atoms with Crippen LogP contribution in [0.25, 0.3) is 6.08 Å². The monoisotopic (exact) mass is 368 g/mol. The van der Waals surface area contributed by atoms with Gasteiger partial charge < -0.3 is 4.74 Å². The second-order valence-corrected chi connectivity index (χ2v) is 6.03. The van der Waals surface area contributed by atoms with E-state index >= 15 is 0 Å². The number of nitro benzene ring substituents is 1. The number of benzene rings is 2. The molecule has 27 heavy (non-hydrogen) atoms. The SMILES string of the molecule is CCN(CC)Cc1cc(C(=O)/C=C/c2ccc([N+](=O)[O-])cc2)ccc1OC. The van der Waals surface area contributed by atoms with Gasteiger partial charge in [0.25, 0.3) is 5.69 Å². The summed E-state index contributed by atoms with van der Waals surface area (Å²) in [5, 5.41) is 10.7. The van der Waals surface area contributed by atoms with Crippen LogP contribution in [0.2, 0.25) is 0 Å². The third kappa shape index (κ3) is 5.49. The van der Waals surface area contributed by atoms with Gasteiger partial charge in [-0.15, -0.1) is 0 Å². The summed E-state index contributed by atoms with van der Waals surface area (Å²) in [5.74, 6) is 0.634. The number of hydrogen-bond donors (Lipinski definition) is 0. The van der Waals surface area contributed by atoms with Crippen molar-refractivity contribution in [1.82, 2.24) is 4.90 Å². The Kier molecular flexibility index (Phi) is 7.25. The molecular weight excluding hydrogens is 344 g/mol. The van der Waals surface area contributed by atoms with Crippen molar-refractivity contribution in [3.8, 4) is 5.75 Å². The zero-order valence-electron chi connectivity index (χ0n) is 15.8. The lowest BCUT2D eigenvalue weighted by molar-refractivity contribution is -0.384. The number of hydrogen-bond acceptors (Lipinski definition) is 5. The molecule has 0 amide bonds. The second-order valence-electron chi connectivity index (χ2n) is 6.03. The first-order valence-corrected chi connectivity index (χ1v) is 8.84. The molecule has 2 aromatic carbocycles. The number of nitrogens with zero attached hydrogens (tertiary/aromatic N) is 2. The highest BCUT2D eigenvalue weighted by atomic mass is 16.6. The highest BCUT2D eigenvalue weighted by Crippen LogP contribution is 2.22. The Morgan fingerprint density at radius 1 is 1.15 bits per heavy atom. The maximum atomic E-state index is 12.5. The van der Waals surface area contributed by atoms with Crippen molar-refractivity contribution in [2.45, 2.75) is 20.4 Å². The number of non-ortho nitro benzene ring substituents is 1. The normalized spacial score (nSPS) is 11.1. The number of ketones is 1. The van der Waals surface area contributed by atoms with E-state index in [2.05, 4.69) is 18.7 Å². The van der Waals surface area contributed by atoms with Gasteiger partial charge in [0, 0.05) is 29.8 Å². The molecule has 0 N–H and O–H groups in total. The number of carbonyl (C=O) groups is 1. The molecule has 142 valence electrons.